The van der Waals surface area contributed by atoms with Crippen LogP contribution >= 0.6 is 11.3 Å². The fourth-order valence-electron chi connectivity index (χ4n) is 1.63. The number of anilines is 1. The first-order chi connectivity index (χ1) is 6.88. The Kier molecular flexibility index (Phi) is 1.52. The fraction of sp³-hybridized carbons (Fsp3) is 0.100. The summed E-state index contributed by atoms with van der Waals surface area (Å²) in [5.41, 5.74) is 2.23. The van der Waals surface area contributed by atoms with Crippen LogP contribution in [0.2, 0.25) is 0 Å². The average molecular weight is 203 g/mol. The number of fused-ring (bicyclic) bond motifs is 3. The zero-order chi connectivity index (χ0) is 9.54. The van der Waals surface area contributed by atoms with Crippen LogP contribution in [0.25, 0.3) is 21.1 Å². The molecule has 0 saturated heterocycles. The summed E-state index contributed by atoms with van der Waals surface area (Å²) in [6.07, 6.45) is 1.95. The lowest BCUT2D eigenvalue weighted by molar-refractivity contribution is 1.42. The van der Waals surface area contributed by atoms with E-state index in [1.54, 1.807) is 11.3 Å². The Bertz CT molecular complexity index is 593. The van der Waals surface area contributed by atoms with Gasteiger partial charge in [0.05, 0.1) is 10.2 Å². The molecule has 4 heteroatoms. The lowest BCUT2D eigenvalue weighted by Gasteiger charge is -1.89. The largest absolute Gasteiger partial charge is 0.365 e. The molecule has 0 aliphatic heterocycles. The number of nitrogens with zero attached hydrogens (tertiary/aromatic N) is 1. The topological polar surface area (TPSA) is 40.7 Å². The van der Waals surface area contributed by atoms with Crippen molar-refractivity contribution in [3.63, 3.8) is 0 Å². The van der Waals surface area contributed by atoms with Crippen molar-refractivity contribution in [1.82, 2.24) is 9.97 Å². The SMILES string of the molecule is CNc1nc2c(ccc3[nH]ccc32)s1. The second-order valence-corrected chi connectivity index (χ2v) is 4.15. The zero-order valence-electron chi connectivity index (χ0n) is 7.66. The second kappa shape index (κ2) is 2.72. The Labute approximate surface area is 84.8 Å². The third kappa shape index (κ3) is 0.943. The highest BCUT2D eigenvalue weighted by Crippen LogP contribution is 2.30. The normalized spacial score (nSPS) is 11.2. The molecule has 3 aromatic rings. The maximum Gasteiger partial charge on any atom is 0.183 e. The third-order valence-corrected chi connectivity index (χ3v) is 3.34. The van der Waals surface area contributed by atoms with E-state index in [1.807, 2.05) is 13.2 Å². The molecule has 3 nitrogen and oxygen atoms in total. The lowest BCUT2D eigenvalue weighted by Crippen LogP contribution is -1.84. The summed E-state index contributed by atoms with van der Waals surface area (Å²) in [5.74, 6) is 0. The van der Waals surface area contributed by atoms with E-state index in [-0.39, 0.29) is 0 Å². The van der Waals surface area contributed by atoms with E-state index in [4.69, 9.17) is 0 Å². The van der Waals surface area contributed by atoms with Crippen LogP contribution in [0.15, 0.2) is 24.4 Å². The molecule has 14 heavy (non-hydrogen) atoms. The molecule has 3 rings (SSSR count). The number of rotatable bonds is 1. The summed E-state index contributed by atoms with van der Waals surface area (Å²) < 4.78 is 1.22. The van der Waals surface area contributed by atoms with Crippen LogP contribution in [0.1, 0.15) is 0 Å². The van der Waals surface area contributed by atoms with E-state index in [2.05, 4.69) is 33.5 Å². The van der Waals surface area contributed by atoms with Gasteiger partial charge in [-0.05, 0) is 18.2 Å². The van der Waals surface area contributed by atoms with Crippen LogP contribution in [0.3, 0.4) is 0 Å². The van der Waals surface area contributed by atoms with Gasteiger partial charge in [0.2, 0.25) is 0 Å². The van der Waals surface area contributed by atoms with Crippen molar-refractivity contribution in [2.24, 2.45) is 0 Å². The van der Waals surface area contributed by atoms with Crippen LogP contribution < -0.4 is 5.32 Å². The van der Waals surface area contributed by atoms with Gasteiger partial charge in [-0.1, -0.05) is 11.3 Å². The van der Waals surface area contributed by atoms with Gasteiger partial charge in [-0.2, -0.15) is 0 Å². The van der Waals surface area contributed by atoms with Gasteiger partial charge in [0.15, 0.2) is 5.13 Å². The molecule has 0 bridgehead atoms. The Hall–Kier alpha value is -1.55. The number of aromatic amines is 1. The van der Waals surface area contributed by atoms with Gasteiger partial charge < -0.3 is 10.3 Å². The van der Waals surface area contributed by atoms with E-state index in [1.165, 1.54) is 10.1 Å². The molecule has 2 aromatic heterocycles. The molecule has 0 aliphatic rings. The highest BCUT2D eigenvalue weighted by molar-refractivity contribution is 7.22. The summed E-state index contributed by atoms with van der Waals surface area (Å²) >= 11 is 1.68. The number of hydrogen-bond donors (Lipinski definition) is 2. The summed E-state index contributed by atoms with van der Waals surface area (Å²) in [4.78, 5) is 7.70. The number of benzene rings is 1. The molecule has 70 valence electrons. The smallest absolute Gasteiger partial charge is 0.183 e. The molecular weight excluding hydrogens is 194 g/mol. The quantitative estimate of drug-likeness (QED) is 0.638. The van der Waals surface area contributed by atoms with Gasteiger partial charge >= 0.3 is 0 Å². The zero-order valence-corrected chi connectivity index (χ0v) is 8.48. The van der Waals surface area contributed by atoms with Crippen molar-refractivity contribution in [2.45, 2.75) is 0 Å². The average Bonchev–Trinajstić information content (AvgIpc) is 2.82. The molecule has 1 aromatic carbocycles. The molecule has 2 N–H and O–H groups in total. The first-order valence-electron chi connectivity index (χ1n) is 4.43. The molecule has 0 unspecified atom stereocenters. The van der Waals surface area contributed by atoms with Crippen LogP contribution in [0.4, 0.5) is 5.13 Å². The number of hydrogen-bond acceptors (Lipinski definition) is 3. The first-order valence-corrected chi connectivity index (χ1v) is 5.24. The minimum atomic E-state index is 0.966. The van der Waals surface area contributed by atoms with Crippen molar-refractivity contribution in [3.05, 3.63) is 24.4 Å². The minimum Gasteiger partial charge on any atom is -0.365 e. The number of nitrogens with one attached hydrogen (secondary N) is 2. The van der Waals surface area contributed by atoms with E-state index in [9.17, 15) is 0 Å². The summed E-state index contributed by atoms with van der Waals surface area (Å²) in [5, 5.41) is 5.23. The van der Waals surface area contributed by atoms with Crippen LogP contribution in [0.5, 0.6) is 0 Å². The van der Waals surface area contributed by atoms with Gasteiger partial charge in [-0.15, -0.1) is 0 Å². The van der Waals surface area contributed by atoms with E-state index < -0.39 is 0 Å². The summed E-state index contributed by atoms with van der Waals surface area (Å²) in [7, 11) is 1.89. The number of thiazole rings is 1. The van der Waals surface area contributed by atoms with Gasteiger partial charge in [-0.25, -0.2) is 4.98 Å². The molecule has 2 heterocycles. The Morgan fingerprint density at radius 2 is 2.29 bits per heavy atom. The molecular formula is C10H9N3S. The predicted octanol–water partition coefficient (Wildman–Crippen LogP) is 2.82. The molecule has 0 atom stereocenters. The Balaban J connectivity index is 2.49. The van der Waals surface area contributed by atoms with Gasteiger partial charge in [-0.3, -0.25) is 0 Å². The van der Waals surface area contributed by atoms with Crippen LogP contribution in [-0.2, 0) is 0 Å². The van der Waals surface area contributed by atoms with Crippen molar-refractivity contribution >= 4 is 37.6 Å². The highest BCUT2D eigenvalue weighted by Gasteiger charge is 2.06. The molecule has 0 amide bonds. The molecule has 0 aliphatic carbocycles. The van der Waals surface area contributed by atoms with Crippen molar-refractivity contribution in [1.29, 1.82) is 0 Å². The predicted molar refractivity (Wildman–Crippen MR) is 61.0 cm³/mol. The summed E-state index contributed by atoms with van der Waals surface area (Å²) in [6, 6.07) is 6.26. The molecule has 0 saturated carbocycles. The van der Waals surface area contributed by atoms with Gasteiger partial charge in [0.25, 0.3) is 0 Å². The van der Waals surface area contributed by atoms with Gasteiger partial charge in [0.1, 0.15) is 0 Å². The fourth-order valence-corrected chi connectivity index (χ4v) is 2.47. The third-order valence-electron chi connectivity index (χ3n) is 2.30. The lowest BCUT2D eigenvalue weighted by atomic mass is 10.2. The first kappa shape index (κ1) is 7.82. The van der Waals surface area contributed by atoms with Crippen molar-refractivity contribution in [3.8, 4) is 0 Å². The van der Waals surface area contributed by atoms with Crippen molar-refractivity contribution in [2.75, 3.05) is 12.4 Å². The van der Waals surface area contributed by atoms with Gasteiger partial charge in [0, 0.05) is 24.1 Å². The van der Waals surface area contributed by atoms with Crippen LogP contribution in [0, 0.1) is 0 Å². The molecule has 0 spiro atoms. The minimum absolute atomic E-state index is 0.966. The Morgan fingerprint density at radius 1 is 1.36 bits per heavy atom. The number of H-pyrrole nitrogens is 1. The monoisotopic (exact) mass is 203 g/mol. The van der Waals surface area contributed by atoms with Crippen LogP contribution in [-0.4, -0.2) is 17.0 Å². The highest BCUT2D eigenvalue weighted by atomic mass is 32.1. The maximum atomic E-state index is 4.52. The van der Waals surface area contributed by atoms with Crippen molar-refractivity contribution < 1.29 is 0 Å². The van der Waals surface area contributed by atoms with E-state index >= 15 is 0 Å². The van der Waals surface area contributed by atoms with E-state index in [0.29, 0.717) is 0 Å². The summed E-state index contributed by atoms with van der Waals surface area (Å²) in [6.45, 7) is 0. The maximum absolute atomic E-state index is 4.52. The standard InChI is InChI=1S/C10H9N3S/c1-11-10-13-9-6-4-5-12-7(6)2-3-8(9)14-10/h2-5,12H,1H3,(H,11,13). The number of aromatic nitrogens is 2. The molecule has 0 radical (unpaired) electrons. The van der Waals surface area contributed by atoms with E-state index in [0.717, 1.165) is 16.2 Å². The Morgan fingerprint density at radius 3 is 3.14 bits per heavy atom. The second-order valence-electron chi connectivity index (χ2n) is 3.12. The molecule has 0 fully saturated rings.